The molecular weight excluding hydrogens is 330 g/mol. The van der Waals surface area contributed by atoms with Crippen molar-refractivity contribution in [2.24, 2.45) is 0 Å². The third kappa shape index (κ3) is 4.84. The maximum absolute atomic E-state index is 12.5. The van der Waals surface area contributed by atoms with E-state index in [0.29, 0.717) is 12.1 Å². The zero-order valence-electron chi connectivity index (χ0n) is 11.2. The summed E-state index contributed by atoms with van der Waals surface area (Å²) < 4.78 is 79.7. The van der Waals surface area contributed by atoms with Crippen molar-refractivity contribution in [3.8, 4) is 0 Å². The van der Waals surface area contributed by atoms with Gasteiger partial charge < -0.3 is 4.74 Å². The number of aromatic nitrogens is 4. The van der Waals surface area contributed by atoms with Crippen LogP contribution in [0.5, 0.6) is 0 Å². The van der Waals surface area contributed by atoms with Crippen LogP contribution >= 0.6 is 0 Å². The summed E-state index contributed by atoms with van der Waals surface area (Å²) in [5, 5.41) is 0. The quantitative estimate of drug-likeness (QED) is 0.802. The Balaban J connectivity index is 1.98. The second-order valence-corrected chi connectivity index (χ2v) is 4.20. The number of hydrogen-bond acceptors (Lipinski definition) is 5. The van der Waals surface area contributed by atoms with E-state index < -0.39 is 37.0 Å². The zero-order chi connectivity index (χ0) is 17.1. The Morgan fingerprint density at radius 1 is 0.739 bits per heavy atom. The van der Waals surface area contributed by atoms with Crippen LogP contribution in [-0.2, 0) is 30.3 Å². The molecule has 0 spiro atoms. The standard InChI is InChI=1S/C12H8F6N4O/c13-11(14,15)7-1-3-19-9(21-7)5-23-6-10-20-4-2-8(22-10)12(16,17)18/h1-4H,5-6H2. The van der Waals surface area contributed by atoms with Gasteiger partial charge in [0.05, 0.1) is 0 Å². The molecule has 0 aliphatic heterocycles. The molecule has 2 aromatic rings. The number of hydrogen-bond donors (Lipinski definition) is 0. The van der Waals surface area contributed by atoms with Crippen molar-refractivity contribution in [2.45, 2.75) is 25.6 Å². The molecule has 0 unspecified atom stereocenters. The number of nitrogens with zero attached hydrogens (tertiary/aromatic N) is 4. The molecule has 2 heterocycles. The Morgan fingerprint density at radius 3 is 1.48 bits per heavy atom. The van der Waals surface area contributed by atoms with Crippen molar-refractivity contribution >= 4 is 0 Å². The van der Waals surface area contributed by atoms with Gasteiger partial charge in [0, 0.05) is 12.4 Å². The van der Waals surface area contributed by atoms with Crippen LogP contribution in [0.4, 0.5) is 26.3 Å². The zero-order valence-corrected chi connectivity index (χ0v) is 11.2. The largest absolute Gasteiger partial charge is 0.433 e. The molecule has 0 amide bonds. The first-order chi connectivity index (χ1) is 10.7. The highest BCUT2D eigenvalue weighted by atomic mass is 19.4. The van der Waals surface area contributed by atoms with Gasteiger partial charge in [0.2, 0.25) is 0 Å². The first-order valence-corrected chi connectivity index (χ1v) is 6.02. The summed E-state index contributed by atoms with van der Waals surface area (Å²) in [6.07, 6.45) is -7.42. The molecule has 0 aliphatic rings. The lowest BCUT2D eigenvalue weighted by Gasteiger charge is -2.08. The second kappa shape index (κ2) is 6.44. The minimum Gasteiger partial charge on any atom is -0.365 e. The predicted molar refractivity (Wildman–Crippen MR) is 62.6 cm³/mol. The number of halogens is 6. The lowest BCUT2D eigenvalue weighted by Crippen LogP contribution is -2.12. The Hall–Kier alpha value is -2.30. The molecule has 0 radical (unpaired) electrons. The third-order valence-electron chi connectivity index (χ3n) is 2.45. The summed E-state index contributed by atoms with van der Waals surface area (Å²) in [4.78, 5) is 13.7. The van der Waals surface area contributed by atoms with Crippen molar-refractivity contribution in [1.82, 2.24) is 19.9 Å². The van der Waals surface area contributed by atoms with Gasteiger partial charge in [0.15, 0.2) is 11.6 Å². The fourth-order valence-corrected chi connectivity index (χ4v) is 1.49. The Kier molecular flexibility index (Phi) is 4.78. The predicted octanol–water partition coefficient (Wildman–Crippen LogP) is 3.02. The van der Waals surface area contributed by atoms with E-state index in [0.717, 1.165) is 12.4 Å². The molecule has 23 heavy (non-hydrogen) atoms. The lowest BCUT2D eigenvalue weighted by atomic mass is 10.4. The molecule has 0 atom stereocenters. The summed E-state index contributed by atoms with van der Waals surface area (Å²) >= 11 is 0. The van der Waals surface area contributed by atoms with Crippen molar-refractivity contribution in [1.29, 1.82) is 0 Å². The fourth-order valence-electron chi connectivity index (χ4n) is 1.49. The summed E-state index contributed by atoms with van der Waals surface area (Å²) in [5.74, 6) is -0.515. The van der Waals surface area contributed by atoms with Crippen LogP contribution in [0.25, 0.3) is 0 Å². The van der Waals surface area contributed by atoms with Gasteiger partial charge in [-0.25, -0.2) is 19.9 Å². The molecule has 11 heteroatoms. The first kappa shape index (κ1) is 17.1. The third-order valence-corrected chi connectivity index (χ3v) is 2.45. The Morgan fingerprint density at radius 2 is 1.13 bits per heavy atom. The van der Waals surface area contributed by atoms with Crippen molar-refractivity contribution in [3.63, 3.8) is 0 Å². The van der Waals surface area contributed by atoms with Gasteiger partial charge in [0.1, 0.15) is 24.6 Å². The van der Waals surface area contributed by atoms with Crippen molar-refractivity contribution < 1.29 is 31.1 Å². The van der Waals surface area contributed by atoms with Crippen LogP contribution in [0.3, 0.4) is 0 Å². The van der Waals surface area contributed by atoms with E-state index in [1.807, 2.05) is 0 Å². The van der Waals surface area contributed by atoms with Gasteiger partial charge in [0.25, 0.3) is 0 Å². The smallest absolute Gasteiger partial charge is 0.365 e. The van der Waals surface area contributed by atoms with Gasteiger partial charge in [-0.3, -0.25) is 0 Å². The number of rotatable bonds is 4. The molecule has 0 saturated carbocycles. The molecule has 0 N–H and O–H groups in total. The van der Waals surface area contributed by atoms with Crippen molar-refractivity contribution in [2.75, 3.05) is 0 Å². The van der Waals surface area contributed by atoms with Gasteiger partial charge in [-0.15, -0.1) is 0 Å². The van der Waals surface area contributed by atoms with Gasteiger partial charge in [-0.05, 0) is 12.1 Å². The van der Waals surface area contributed by atoms with Crippen LogP contribution < -0.4 is 0 Å². The summed E-state index contributed by atoms with van der Waals surface area (Å²) in [5.41, 5.74) is -2.28. The van der Waals surface area contributed by atoms with E-state index in [9.17, 15) is 26.3 Å². The average Bonchev–Trinajstić information content (AvgIpc) is 2.46. The van der Waals surface area contributed by atoms with Gasteiger partial charge in [-0.1, -0.05) is 0 Å². The second-order valence-electron chi connectivity index (χ2n) is 4.20. The van der Waals surface area contributed by atoms with Gasteiger partial charge in [-0.2, -0.15) is 26.3 Å². The molecule has 124 valence electrons. The summed E-state index contributed by atoms with van der Waals surface area (Å²) in [7, 11) is 0. The highest BCUT2D eigenvalue weighted by molar-refractivity contribution is 5.06. The molecule has 2 rings (SSSR count). The molecule has 0 aliphatic carbocycles. The molecule has 0 aromatic carbocycles. The molecular formula is C12H8F6N4O. The van der Waals surface area contributed by atoms with Crippen molar-refractivity contribution in [3.05, 3.63) is 47.6 Å². The van der Waals surface area contributed by atoms with Crippen LogP contribution in [-0.4, -0.2) is 19.9 Å². The average molecular weight is 338 g/mol. The summed E-state index contributed by atoms with van der Waals surface area (Å²) in [6, 6.07) is 1.39. The molecule has 0 saturated heterocycles. The van der Waals surface area contributed by atoms with Crippen LogP contribution in [0.2, 0.25) is 0 Å². The number of ether oxygens (including phenoxy) is 1. The fraction of sp³-hybridized carbons (Fsp3) is 0.333. The maximum atomic E-state index is 12.5. The molecule has 5 nitrogen and oxygen atoms in total. The Labute approximate surface area is 125 Å². The minimum absolute atomic E-state index is 0.258. The molecule has 0 bridgehead atoms. The van der Waals surface area contributed by atoms with E-state index in [4.69, 9.17) is 4.74 Å². The molecule has 0 fully saturated rings. The van der Waals surface area contributed by atoms with Crippen LogP contribution in [0, 0.1) is 0 Å². The van der Waals surface area contributed by atoms with Gasteiger partial charge >= 0.3 is 12.4 Å². The van der Waals surface area contributed by atoms with E-state index in [-0.39, 0.29) is 11.6 Å². The monoisotopic (exact) mass is 338 g/mol. The van der Waals surface area contributed by atoms with Crippen LogP contribution in [0.15, 0.2) is 24.5 Å². The van der Waals surface area contributed by atoms with E-state index in [1.165, 1.54) is 0 Å². The molecule has 2 aromatic heterocycles. The lowest BCUT2D eigenvalue weighted by molar-refractivity contribution is -0.142. The topological polar surface area (TPSA) is 60.8 Å². The van der Waals surface area contributed by atoms with Crippen LogP contribution in [0.1, 0.15) is 23.0 Å². The SMILES string of the molecule is FC(F)(F)c1ccnc(COCc2nccc(C(F)(F)F)n2)n1. The number of alkyl halides is 6. The minimum atomic E-state index is -4.62. The Bertz CT molecular complexity index is 616. The van der Waals surface area contributed by atoms with E-state index in [2.05, 4.69) is 19.9 Å². The first-order valence-electron chi connectivity index (χ1n) is 6.02. The normalized spacial score (nSPS) is 12.4. The van der Waals surface area contributed by atoms with E-state index >= 15 is 0 Å². The van der Waals surface area contributed by atoms with E-state index in [1.54, 1.807) is 0 Å². The maximum Gasteiger partial charge on any atom is 0.433 e. The highest BCUT2D eigenvalue weighted by Crippen LogP contribution is 2.27. The highest BCUT2D eigenvalue weighted by Gasteiger charge is 2.33. The summed E-state index contributed by atoms with van der Waals surface area (Å²) in [6.45, 7) is -0.854.